The summed E-state index contributed by atoms with van der Waals surface area (Å²) in [5.41, 5.74) is 1.24. The van der Waals surface area contributed by atoms with E-state index in [0.717, 1.165) is 58.8 Å². The van der Waals surface area contributed by atoms with Gasteiger partial charge in [0.1, 0.15) is 0 Å². The standard InChI is InChI=1S/C22H32N2O3/c1-26-22(25)10-9-20-18-23(12-5-8-19-6-3-2-4-7-19)13-11-21(20)24-14-16-27-17-15-24/h2-8,20-21H,9-18H2,1H3/b8-5+/t20-,21+/m0/s1. The molecule has 0 aliphatic carbocycles. The number of piperidine rings is 1. The third kappa shape index (κ3) is 6.16. The molecule has 2 aliphatic heterocycles. The summed E-state index contributed by atoms with van der Waals surface area (Å²) in [6.07, 6.45) is 7.01. The van der Waals surface area contributed by atoms with E-state index < -0.39 is 0 Å². The van der Waals surface area contributed by atoms with E-state index in [9.17, 15) is 4.79 Å². The van der Waals surface area contributed by atoms with Gasteiger partial charge in [-0.3, -0.25) is 14.6 Å². The van der Waals surface area contributed by atoms with E-state index in [0.29, 0.717) is 18.4 Å². The van der Waals surface area contributed by atoms with Crippen LogP contribution in [0.4, 0.5) is 0 Å². The van der Waals surface area contributed by atoms with Crippen LogP contribution < -0.4 is 0 Å². The van der Waals surface area contributed by atoms with E-state index in [-0.39, 0.29) is 5.97 Å². The summed E-state index contributed by atoms with van der Waals surface area (Å²) in [6, 6.07) is 11.0. The highest BCUT2D eigenvalue weighted by molar-refractivity contribution is 5.69. The SMILES string of the molecule is COC(=O)CC[C@H]1CN(C/C=C/c2ccccc2)CC[C@H]1N1CCOCC1. The Bertz CT molecular complexity index is 599. The van der Waals surface area contributed by atoms with Crippen LogP contribution in [0, 0.1) is 5.92 Å². The molecule has 0 N–H and O–H groups in total. The first-order valence-electron chi connectivity index (χ1n) is 10.1. The van der Waals surface area contributed by atoms with Crippen molar-refractivity contribution in [2.75, 3.05) is 53.0 Å². The zero-order valence-electron chi connectivity index (χ0n) is 16.4. The van der Waals surface area contributed by atoms with Gasteiger partial charge in [-0.25, -0.2) is 0 Å². The Morgan fingerprint density at radius 2 is 2.00 bits per heavy atom. The fourth-order valence-corrected chi connectivity index (χ4v) is 4.24. The van der Waals surface area contributed by atoms with Crippen LogP contribution in [0.15, 0.2) is 36.4 Å². The summed E-state index contributed by atoms with van der Waals surface area (Å²) in [4.78, 5) is 16.8. The molecule has 1 aromatic carbocycles. The van der Waals surface area contributed by atoms with Crippen LogP contribution >= 0.6 is 0 Å². The quantitative estimate of drug-likeness (QED) is 0.689. The van der Waals surface area contributed by atoms with Gasteiger partial charge in [-0.1, -0.05) is 42.5 Å². The minimum atomic E-state index is -0.100. The van der Waals surface area contributed by atoms with Crippen LogP contribution in [0.2, 0.25) is 0 Å². The van der Waals surface area contributed by atoms with Crippen LogP contribution in [0.5, 0.6) is 0 Å². The first-order chi connectivity index (χ1) is 13.3. The van der Waals surface area contributed by atoms with Crippen molar-refractivity contribution in [3.63, 3.8) is 0 Å². The highest BCUT2D eigenvalue weighted by Gasteiger charge is 2.33. The summed E-state index contributed by atoms with van der Waals surface area (Å²) in [6.45, 7) is 6.77. The van der Waals surface area contributed by atoms with Gasteiger partial charge in [0.2, 0.25) is 0 Å². The number of ether oxygens (including phenoxy) is 2. The fraction of sp³-hybridized carbons (Fsp3) is 0.591. The lowest BCUT2D eigenvalue weighted by atomic mass is 9.86. The molecule has 2 aliphatic rings. The van der Waals surface area contributed by atoms with E-state index >= 15 is 0 Å². The Labute approximate surface area is 162 Å². The highest BCUT2D eigenvalue weighted by Crippen LogP contribution is 2.27. The Balaban J connectivity index is 1.56. The highest BCUT2D eigenvalue weighted by atomic mass is 16.5. The summed E-state index contributed by atoms with van der Waals surface area (Å²) in [5, 5.41) is 0. The van der Waals surface area contributed by atoms with Gasteiger partial charge in [-0.15, -0.1) is 0 Å². The number of hydrogen-bond acceptors (Lipinski definition) is 5. The second-order valence-electron chi connectivity index (χ2n) is 7.45. The number of hydrogen-bond donors (Lipinski definition) is 0. The van der Waals surface area contributed by atoms with Gasteiger partial charge in [0.15, 0.2) is 0 Å². The molecule has 0 amide bonds. The average molecular weight is 373 g/mol. The minimum Gasteiger partial charge on any atom is -0.469 e. The monoisotopic (exact) mass is 372 g/mol. The molecule has 2 saturated heterocycles. The van der Waals surface area contributed by atoms with Crippen molar-refractivity contribution in [2.45, 2.75) is 25.3 Å². The summed E-state index contributed by atoms with van der Waals surface area (Å²) in [5.74, 6) is 0.401. The lowest BCUT2D eigenvalue weighted by Gasteiger charge is -2.45. The second kappa shape index (κ2) is 10.6. The number of esters is 1. The molecule has 0 saturated carbocycles. The van der Waals surface area contributed by atoms with Gasteiger partial charge in [-0.05, 0) is 30.9 Å². The summed E-state index contributed by atoms with van der Waals surface area (Å²) >= 11 is 0. The predicted molar refractivity (Wildman–Crippen MR) is 107 cm³/mol. The number of likely N-dealkylation sites (tertiary alicyclic amines) is 1. The van der Waals surface area contributed by atoms with Gasteiger partial charge < -0.3 is 9.47 Å². The minimum absolute atomic E-state index is 0.100. The smallest absolute Gasteiger partial charge is 0.305 e. The Morgan fingerprint density at radius 1 is 1.22 bits per heavy atom. The zero-order chi connectivity index (χ0) is 18.9. The van der Waals surface area contributed by atoms with Gasteiger partial charge in [0.25, 0.3) is 0 Å². The molecule has 0 bridgehead atoms. The molecule has 2 atom stereocenters. The summed E-state index contributed by atoms with van der Waals surface area (Å²) < 4.78 is 10.4. The molecule has 0 spiro atoms. The fourth-order valence-electron chi connectivity index (χ4n) is 4.24. The second-order valence-corrected chi connectivity index (χ2v) is 7.45. The van der Waals surface area contributed by atoms with E-state index in [4.69, 9.17) is 9.47 Å². The topological polar surface area (TPSA) is 42.0 Å². The number of benzene rings is 1. The molecule has 2 heterocycles. The molecule has 0 unspecified atom stereocenters. The predicted octanol–water partition coefficient (Wildman–Crippen LogP) is 2.68. The first-order valence-corrected chi connectivity index (χ1v) is 10.1. The van der Waals surface area contributed by atoms with Crippen molar-refractivity contribution >= 4 is 12.0 Å². The maximum absolute atomic E-state index is 11.7. The number of morpholine rings is 1. The molecule has 1 aromatic rings. The van der Waals surface area contributed by atoms with E-state index in [1.807, 2.05) is 6.07 Å². The zero-order valence-corrected chi connectivity index (χ0v) is 16.4. The molecule has 5 nitrogen and oxygen atoms in total. The van der Waals surface area contributed by atoms with Gasteiger partial charge in [-0.2, -0.15) is 0 Å². The maximum Gasteiger partial charge on any atom is 0.305 e. The van der Waals surface area contributed by atoms with E-state index in [1.54, 1.807) is 0 Å². The number of rotatable bonds is 7. The molecule has 2 fully saturated rings. The Hall–Kier alpha value is -1.69. The molecule has 3 rings (SSSR count). The van der Waals surface area contributed by atoms with Gasteiger partial charge >= 0.3 is 5.97 Å². The summed E-state index contributed by atoms with van der Waals surface area (Å²) in [7, 11) is 1.48. The van der Waals surface area contributed by atoms with Crippen molar-refractivity contribution in [2.24, 2.45) is 5.92 Å². The molecule has 0 aromatic heterocycles. The van der Waals surface area contributed by atoms with Crippen molar-refractivity contribution in [1.82, 2.24) is 9.80 Å². The third-order valence-electron chi connectivity index (χ3n) is 5.71. The van der Waals surface area contributed by atoms with Crippen LogP contribution in [-0.2, 0) is 14.3 Å². The average Bonchev–Trinajstić information content (AvgIpc) is 2.73. The molecule has 0 radical (unpaired) electrons. The van der Waals surface area contributed by atoms with E-state index in [2.05, 4.69) is 46.2 Å². The van der Waals surface area contributed by atoms with Crippen molar-refractivity contribution in [1.29, 1.82) is 0 Å². The normalized spacial score (nSPS) is 24.9. The Morgan fingerprint density at radius 3 is 2.74 bits per heavy atom. The van der Waals surface area contributed by atoms with E-state index in [1.165, 1.54) is 12.7 Å². The van der Waals surface area contributed by atoms with Crippen LogP contribution in [-0.4, -0.2) is 74.9 Å². The Kier molecular flexibility index (Phi) is 7.87. The van der Waals surface area contributed by atoms with Crippen molar-refractivity contribution < 1.29 is 14.3 Å². The van der Waals surface area contributed by atoms with Crippen LogP contribution in [0.25, 0.3) is 6.08 Å². The van der Waals surface area contributed by atoms with Gasteiger partial charge in [0.05, 0.1) is 20.3 Å². The molecule has 148 valence electrons. The van der Waals surface area contributed by atoms with Crippen molar-refractivity contribution in [3.8, 4) is 0 Å². The molecule has 27 heavy (non-hydrogen) atoms. The first kappa shape index (κ1) is 20.1. The van der Waals surface area contributed by atoms with Crippen LogP contribution in [0.3, 0.4) is 0 Å². The molecular weight excluding hydrogens is 340 g/mol. The lowest BCUT2D eigenvalue weighted by molar-refractivity contribution is -0.141. The number of methoxy groups -OCH3 is 1. The number of carbonyl (C=O) groups excluding carboxylic acids is 1. The lowest BCUT2D eigenvalue weighted by Crippen LogP contribution is -2.54. The van der Waals surface area contributed by atoms with Gasteiger partial charge in [0, 0.05) is 38.6 Å². The molecule has 5 heteroatoms. The number of carbonyl (C=O) groups is 1. The third-order valence-corrected chi connectivity index (χ3v) is 5.71. The number of nitrogens with zero attached hydrogens (tertiary/aromatic N) is 2. The molecular formula is C22H32N2O3. The van der Waals surface area contributed by atoms with Crippen molar-refractivity contribution in [3.05, 3.63) is 42.0 Å². The largest absolute Gasteiger partial charge is 0.469 e. The maximum atomic E-state index is 11.7. The van der Waals surface area contributed by atoms with Crippen LogP contribution in [0.1, 0.15) is 24.8 Å².